The van der Waals surface area contributed by atoms with Gasteiger partial charge in [0.2, 0.25) is 0 Å². The second-order valence-corrected chi connectivity index (χ2v) is 5.47. The molecule has 15 heavy (non-hydrogen) atoms. The van der Waals surface area contributed by atoms with Gasteiger partial charge in [0.15, 0.2) is 0 Å². The molecule has 0 unspecified atom stereocenters. The van der Waals surface area contributed by atoms with E-state index in [2.05, 4.69) is 43.5 Å². The van der Waals surface area contributed by atoms with Crippen LogP contribution in [-0.2, 0) is 0 Å². The number of aromatic nitrogens is 1. The van der Waals surface area contributed by atoms with Crippen LogP contribution in [0.4, 0.5) is 4.39 Å². The van der Waals surface area contributed by atoms with Crippen molar-refractivity contribution in [3.05, 3.63) is 36.7 Å². The highest BCUT2D eigenvalue weighted by molar-refractivity contribution is 14.1. The van der Waals surface area contributed by atoms with Crippen LogP contribution in [0.5, 0.6) is 0 Å². The highest BCUT2D eigenvalue weighted by Gasteiger charge is 2.13. The summed E-state index contributed by atoms with van der Waals surface area (Å²) < 4.78 is 14.7. The molecule has 1 aromatic heterocycles. The number of benzene rings is 1. The van der Waals surface area contributed by atoms with E-state index in [-0.39, 0.29) is 5.82 Å². The van der Waals surface area contributed by atoms with E-state index in [0.29, 0.717) is 14.9 Å². The summed E-state index contributed by atoms with van der Waals surface area (Å²) in [4.78, 5) is 4.25. The lowest BCUT2D eigenvalue weighted by molar-refractivity contribution is 0.622. The van der Waals surface area contributed by atoms with Gasteiger partial charge in [-0.05, 0) is 57.1 Å². The van der Waals surface area contributed by atoms with Gasteiger partial charge < -0.3 is 0 Å². The van der Waals surface area contributed by atoms with E-state index in [0.717, 1.165) is 14.7 Å². The molecule has 0 saturated heterocycles. The largest absolute Gasteiger partial charge is 0.255 e. The molecular formula is C10H5BrClFIN. The van der Waals surface area contributed by atoms with Crippen LogP contribution in [-0.4, -0.2) is 4.98 Å². The molecule has 0 radical (unpaired) electrons. The van der Waals surface area contributed by atoms with Crippen LogP contribution in [0.15, 0.2) is 16.7 Å². The summed E-state index contributed by atoms with van der Waals surface area (Å²) in [6, 6.07) is 1.45. The third-order valence-electron chi connectivity index (χ3n) is 2.12. The van der Waals surface area contributed by atoms with Crippen molar-refractivity contribution in [3.63, 3.8) is 0 Å². The summed E-state index contributed by atoms with van der Waals surface area (Å²) in [5.74, 6) is -0.314. The Morgan fingerprint density at radius 3 is 2.87 bits per heavy atom. The standard InChI is InChI=1S/C10H5BrClFIN/c1-4-2-5(13)8(11)7-9(12)6(14)3-15-10(4)7/h2-3H,1H3. The smallest absolute Gasteiger partial charge is 0.138 e. The third kappa shape index (κ3) is 1.87. The molecule has 1 aromatic carbocycles. The molecule has 78 valence electrons. The fraction of sp³-hybridized carbons (Fsp3) is 0.100. The summed E-state index contributed by atoms with van der Waals surface area (Å²) in [6.07, 6.45) is 1.68. The molecule has 0 saturated carbocycles. The Labute approximate surface area is 113 Å². The molecule has 0 bridgehead atoms. The zero-order valence-electron chi connectivity index (χ0n) is 7.61. The van der Waals surface area contributed by atoms with E-state index < -0.39 is 0 Å². The average molecular weight is 400 g/mol. The number of halogens is 4. The monoisotopic (exact) mass is 399 g/mol. The van der Waals surface area contributed by atoms with Crippen LogP contribution in [0.1, 0.15) is 5.56 Å². The fourth-order valence-electron chi connectivity index (χ4n) is 1.41. The maximum atomic E-state index is 13.5. The third-order valence-corrected chi connectivity index (χ3v) is 4.42. The van der Waals surface area contributed by atoms with E-state index in [9.17, 15) is 4.39 Å². The highest BCUT2D eigenvalue weighted by atomic mass is 127. The predicted octanol–water partition coefficient (Wildman–Crippen LogP) is 4.70. The number of aryl methyl sites for hydroxylation is 1. The minimum atomic E-state index is -0.314. The van der Waals surface area contributed by atoms with Gasteiger partial charge in [0.1, 0.15) is 5.82 Å². The molecule has 0 fully saturated rings. The Kier molecular flexibility index (Phi) is 3.19. The Morgan fingerprint density at radius 2 is 2.20 bits per heavy atom. The first-order chi connectivity index (χ1) is 7.02. The molecule has 0 aliphatic rings. The van der Waals surface area contributed by atoms with Gasteiger partial charge in [-0.2, -0.15) is 0 Å². The molecular weight excluding hydrogens is 395 g/mol. The van der Waals surface area contributed by atoms with Crippen molar-refractivity contribution in [2.75, 3.05) is 0 Å². The van der Waals surface area contributed by atoms with Crippen LogP contribution in [0, 0.1) is 16.3 Å². The van der Waals surface area contributed by atoms with Crippen LogP contribution in [0.25, 0.3) is 10.9 Å². The predicted molar refractivity (Wildman–Crippen MR) is 71.9 cm³/mol. The number of hydrogen-bond donors (Lipinski definition) is 0. The number of rotatable bonds is 0. The van der Waals surface area contributed by atoms with Gasteiger partial charge >= 0.3 is 0 Å². The number of fused-ring (bicyclic) bond motifs is 1. The molecule has 0 amide bonds. The van der Waals surface area contributed by atoms with Crippen molar-refractivity contribution in [3.8, 4) is 0 Å². The first-order valence-electron chi connectivity index (χ1n) is 4.10. The van der Waals surface area contributed by atoms with Gasteiger partial charge in [-0.3, -0.25) is 4.98 Å². The topological polar surface area (TPSA) is 12.9 Å². The minimum absolute atomic E-state index is 0.314. The molecule has 1 nitrogen and oxygen atoms in total. The maximum Gasteiger partial charge on any atom is 0.138 e. The number of hydrogen-bond acceptors (Lipinski definition) is 1. The lowest BCUT2D eigenvalue weighted by Gasteiger charge is -2.07. The Hall–Kier alpha value is 0.0600. The first kappa shape index (κ1) is 11.5. The summed E-state index contributed by atoms with van der Waals surface area (Å²) in [5.41, 5.74) is 1.51. The molecule has 0 atom stereocenters. The quantitative estimate of drug-likeness (QED) is 0.584. The van der Waals surface area contributed by atoms with Crippen molar-refractivity contribution in [2.24, 2.45) is 0 Å². The second-order valence-electron chi connectivity index (χ2n) is 3.13. The van der Waals surface area contributed by atoms with Crippen LogP contribution < -0.4 is 0 Å². The van der Waals surface area contributed by atoms with Crippen molar-refractivity contribution in [1.82, 2.24) is 4.98 Å². The van der Waals surface area contributed by atoms with Crippen LogP contribution in [0.3, 0.4) is 0 Å². The molecule has 2 aromatic rings. The van der Waals surface area contributed by atoms with Gasteiger partial charge in [0, 0.05) is 11.6 Å². The van der Waals surface area contributed by atoms with E-state index >= 15 is 0 Å². The summed E-state index contributed by atoms with van der Waals surface area (Å²) >= 11 is 11.4. The van der Waals surface area contributed by atoms with E-state index in [1.165, 1.54) is 6.07 Å². The van der Waals surface area contributed by atoms with Crippen molar-refractivity contribution in [2.45, 2.75) is 6.92 Å². The molecule has 2 rings (SSSR count). The van der Waals surface area contributed by atoms with E-state index in [1.54, 1.807) is 6.20 Å². The highest BCUT2D eigenvalue weighted by Crippen LogP contribution is 2.35. The molecule has 0 aliphatic carbocycles. The summed E-state index contributed by atoms with van der Waals surface area (Å²) in [7, 11) is 0. The molecule has 5 heteroatoms. The average Bonchev–Trinajstić information content (AvgIpc) is 2.19. The van der Waals surface area contributed by atoms with Gasteiger partial charge in [0.05, 0.1) is 18.6 Å². The van der Waals surface area contributed by atoms with E-state index in [1.807, 2.05) is 6.92 Å². The van der Waals surface area contributed by atoms with Gasteiger partial charge in [-0.1, -0.05) is 11.6 Å². The van der Waals surface area contributed by atoms with E-state index in [4.69, 9.17) is 11.6 Å². The Bertz CT molecular complexity index is 551. The normalized spacial score (nSPS) is 11.0. The maximum absolute atomic E-state index is 13.5. The van der Waals surface area contributed by atoms with Crippen LogP contribution in [0.2, 0.25) is 5.02 Å². The number of nitrogens with zero attached hydrogens (tertiary/aromatic N) is 1. The molecule has 0 aliphatic heterocycles. The fourth-order valence-corrected chi connectivity index (χ4v) is 2.66. The lowest BCUT2D eigenvalue weighted by atomic mass is 10.1. The van der Waals surface area contributed by atoms with Crippen LogP contribution >= 0.6 is 50.1 Å². The SMILES string of the molecule is Cc1cc(F)c(Br)c2c(Cl)c(I)cnc12. The van der Waals surface area contributed by atoms with Gasteiger partial charge in [0.25, 0.3) is 0 Å². The molecule has 1 heterocycles. The minimum Gasteiger partial charge on any atom is -0.255 e. The van der Waals surface area contributed by atoms with Crippen molar-refractivity contribution < 1.29 is 4.39 Å². The van der Waals surface area contributed by atoms with Crippen molar-refractivity contribution in [1.29, 1.82) is 0 Å². The zero-order valence-corrected chi connectivity index (χ0v) is 12.1. The van der Waals surface area contributed by atoms with Gasteiger partial charge in [-0.15, -0.1) is 0 Å². The number of pyridine rings is 1. The molecule has 0 spiro atoms. The first-order valence-corrected chi connectivity index (χ1v) is 6.35. The zero-order chi connectivity index (χ0) is 11.2. The Morgan fingerprint density at radius 1 is 1.53 bits per heavy atom. The Balaban J connectivity index is 3.04. The summed E-state index contributed by atoms with van der Waals surface area (Å²) in [6.45, 7) is 1.81. The molecule has 0 N–H and O–H groups in total. The second kappa shape index (κ2) is 4.14. The van der Waals surface area contributed by atoms with Crippen molar-refractivity contribution >= 4 is 61.0 Å². The van der Waals surface area contributed by atoms with Gasteiger partial charge in [-0.25, -0.2) is 4.39 Å². The lowest BCUT2D eigenvalue weighted by Crippen LogP contribution is -1.91. The summed E-state index contributed by atoms with van der Waals surface area (Å²) in [5, 5.41) is 1.18.